The topological polar surface area (TPSA) is 84.5 Å². The number of benzene rings is 4. The molecule has 1 amide bonds. The van der Waals surface area contributed by atoms with Crippen LogP contribution in [0.15, 0.2) is 95.9 Å². The summed E-state index contributed by atoms with van der Waals surface area (Å²) >= 11 is 6.21. The van der Waals surface area contributed by atoms with Crippen molar-refractivity contribution in [3.05, 3.63) is 102 Å². The normalized spacial score (nSPS) is 12.3. The van der Waals surface area contributed by atoms with Gasteiger partial charge in [-0.25, -0.2) is 8.42 Å². The molecule has 4 aromatic rings. The monoisotopic (exact) mass is 508 g/mol. The fraction of sp³-hybridized carbons (Fsp3) is 0.148. The molecule has 180 valence electrons. The van der Waals surface area contributed by atoms with Crippen molar-refractivity contribution >= 4 is 44.0 Å². The maximum absolute atomic E-state index is 13.4. The molecule has 6 nitrogen and oxygen atoms in total. The minimum absolute atomic E-state index is 0.0537. The van der Waals surface area contributed by atoms with Gasteiger partial charge in [-0.1, -0.05) is 78.3 Å². The highest BCUT2D eigenvalue weighted by atomic mass is 35.5. The molecule has 0 fully saturated rings. The molecule has 0 aliphatic rings. The highest BCUT2D eigenvalue weighted by Crippen LogP contribution is 2.28. The summed E-state index contributed by atoms with van der Waals surface area (Å²) in [6.07, 6.45) is 0.168. The number of nitrogens with one attached hydrogen (secondary N) is 2. The summed E-state index contributed by atoms with van der Waals surface area (Å²) in [6.45, 7) is 2.21. The van der Waals surface area contributed by atoms with Crippen LogP contribution in [0.25, 0.3) is 10.8 Å². The first-order valence-electron chi connectivity index (χ1n) is 11.1. The van der Waals surface area contributed by atoms with Crippen molar-refractivity contribution in [2.24, 2.45) is 0 Å². The smallest absolute Gasteiger partial charge is 0.242 e. The molecule has 35 heavy (non-hydrogen) atoms. The third-order valence-electron chi connectivity index (χ3n) is 5.46. The van der Waals surface area contributed by atoms with Crippen LogP contribution in [-0.2, 0) is 21.2 Å². The van der Waals surface area contributed by atoms with Crippen molar-refractivity contribution in [2.45, 2.75) is 24.3 Å². The van der Waals surface area contributed by atoms with E-state index in [0.717, 1.165) is 16.3 Å². The van der Waals surface area contributed by atoms with Gasteiger partial charge in [0.05, 0.1) is 16.5 Å². The first-order chi connectivity index (χ1) is 16.9. The average molecular weight is 509 g/mol. The number of hydrogen-bond donors (Lipinski definition) is 2. The minimum Gasteiger partial charge on any atom is -0.492 e. The standard InChI is InChI=1S/C27H25ClN2O4S/c1-2-34-26-16-15-21(18-23(26)28)35(32,33)30-25(17-19-9-4-3-5-10-19)27(31)29-24-14-8-12-20-11-6-7-13-22(20)24/h3-16,18,25,30H,2,17H2,1H3,(H,29,31)/t25-/m1/s1. The van der Waals surface area contributed by atoms with E-state index in [1.165, 1.54) is 18.2 Å². The van der Waals surface area contributed by atoms with E-state index in [9.17, 15) is 13.2 Å². The number of fused-ring (bicyclic) bond motifs is 1. The highest BCUT2D eigenvalue weighted by Gasteiger charge is 2.27. The van der Waals surface area contributed by atoms with Gasteiger partial charge in [0.1, 0.15) is 11.8 Å². The number of rotatable bonds is 9. The van der Waals surface area contributed by atoms with Crippen LogP contribution in [0.4, 0.5) is 5.69 Å². The molecule has 0 aliphatic carbocycles. The second-order valence-electron chi connectivity index (χ2n) is 7.90. The van der Waals surface area contributed by atoms with Crippen molar-refractivity contribution < 1.29 is 17.9 Å². The lowest BCUT2D eigenvalue weighted by Crippen LogP contribution is -2.45. The van der Waals surface area contributed by atoms with Crippen molar-refractivity contribution in [2.75, 3.05) is 11.9 Å². The van der Waals surface area contributed by atoms with E-state index >= 15 is 0 Å². The fourth-order valence-corrected chi connectivity index (χ4v) is 5.29. The zero-order valence-corrected chi connectivity index (χ0v) is 20.6. The van der Waals surface area contributed by atoms with E-state index in [4.69, 9.17) is 16.3 Å². The second-order valence-corrected chi connectivity index (χ2v) is 10.0. The van der Waals surface area contributed by atoms with Crippen LogP contribution in [0.2, 0.25) is 5.02 Å². The molecule has 4 aromatic carbocycles. The van der Waals surface area contributed by atoms with Crippen LogP contribution in [0.1, 0.15) is 12.5 Å². The van der Waals surface area contributed by atoms with Gasteiger partial charge in [-0.15, -0.1) is 0 Å². The molecule has 0 saturated heterocycles. The van der Waals surface area contributed by atoms with E-state index in [2.05, 4.69) is 10.0 Å². The third kappa shape index (κ3) is 6.00. The summed E-state index contributed by atoms with van der Waals surface area (Å²) in [4.78, 5) is 13.3. The average Bonchev–Trinajstić information content (AvgIpc) is 2.85. The Morgan fingerprint density at radius 3 is 2.40 bits per heavy atom. The van der Waals surface area contributed by atoms with Gasteiger partial charge in [0, 0.05) is 11.1 Å². The molecular weight excluding hydrogens is 484 g/mol. The van der Waals surface area contributed by atoms with Gasteiger partial charge in [0.15, 0.2) is 0 Å². The summed E-state index contributed by atoms with van der Waals surface area (Å²) in [5, 5.41) is 4.91. The first-order valence-corrected chi connectivity index (χ1v) is 13.0. The van der Waals surface area contributed by atoms with Crippen molar-refractivity contribution in [1.82, 2.24) is 4.72 Å². The summed E-state index contributed by atoms with van der Waals surface area (Å²) in [5.74, 6) is -0.0755. The van der Waals surface area contributed by atoms with Gasteiger partial charge >= 0.3 is 0 Å². The third-order valence-corrected chi connectivity index (χ3v) is 7.22. The number of ether oxygens (including phenoxy) is 1. The maximum atomic E-state index is 13.4. The molecule has 0 aromatic heterocycles. The van der Waals surface area contributed by atoms with Gasteiger partial charge in [-0.3, -0.25) is 4.79 Å². The molecule has 4 rings (SSSR count). The van der Waals surface area contributed by atoms with Crippen molar-refractivity contribution in [3.8, 4) is 5.75 Å². The lowest BCUT2D eigenvalue weighted by atomic mass is 10.1. The molecule has 0 spiro atoms. The largest absolute Gasteiger partial charge is 0.492 e. The van der Waals surface area contributed by atoms with Gasteiger partial charge in [0.25, 0.3) is 0 Å². The number of amides is 1. The Morgan fingerprint density at radius 2 is 1.66 bits per heavy atom. The van der Waals surface area contributed by atoms with Crippen LogP contribution in [0, 0.1) is 0 Å². The zero-order valence-electron chi connectivity index (χ0n) is 19.1. The minimum atomic E-state index is -4.06. The molecule has 8 heteroatoms. The second kappa shape index (κ2) is 10.9. The predicted molar refractivity (Wildman–Crippen MR) is 139 cm³/mol. The molecule has 0 saturated carbocycles. The molecule has 1 atom stereocenters. The zero-order chi connectivity index (χ0) is 24.8. The van der Waals surface area contributed by atoms with Crippen LogP contribution < -0.4 is 14.8 Å². The van der Waals surface area contributed by atoms with E-state index in [-0.39, 0.29) is 16.3 Å². The summed E-state index contributed by atoms with van der Waals surface area (Å²) in [7, 11) is -4.06. The van der Waals surface area contributed by atoms with E-state index in [1.54, 1.807) is 6.07 Å². The quantitative estimate of drug-likeness (QED) is 0.316. The van der Waals surface area contributed by atoms with E-state index < -0.39 is 22.0 Å². The Labute approximate surface area is 209 Å². The Hall–Kier alpha value is -3.39. The summed E-state index contributed by atoms with van der Waals surface area (Å²) < 4.78 is 34.4. The van der Waals surface area contributed by atoms with Crippen LogP contribution in [-0.4, -0.2) is 27.0 Å². The first kappa shape index (κ1) is 24.7. The number of sulfonamides is 1. The molecule has 0 radical (unpaired) electrons. The number of halogens is 1. The Bertz CT molecular complexity index is 1440. The predicted octanol–water partition coefficient (Wildman–Crippen LogP) is 5.42. The van der Waals surface area contributed by atoms with E-state index in [0.29, 0.717) is 18.0 Å². The Kier molecular flexibility index (Phi) is 7.70. The molecule has 0 heterocycles. The number of carbonyl (C=O) groups excluding carboxylic acids is 1. The van der Waals surface area contributed by atoms with E-state index in [1.807, 2.05) is 73.7 Å². The van der Waals surface area contributed by atoms with Crippen molar-refractivity contribution in [1.29, 1.82) is 0 Å². The van der Waals surface area contributed by atoms with Crippen LogP contribution in [0.5, 0.6) is 5.75 Å². The van der Waals surface area contributed by atoms with Crippen LogP contribution in [0.3, 0.4) is 0 Å². The summed E-state index contributed by atoms with van der Waals surface area (Å²) in [5.41, 5.74) is 1.42. The van der Waals surface area contributed by atoms with Crippen molar-refractivity contribution in [3.63, 3.8) is 0 Å². The molecule has 0 bridgehead atoms. The molecular formula is C27H25ClN2O4S. The summed E-state index contributed by atoms with van der Waals surface area (Å²) in [6, 6.07) is 25.6. The van der Waals surface area contributed by atoms with Gasteiger partial charge in [-0.2, -0.15) is 4.72 Å². The fourth-order valence-electron chi connectivity index (χ4n) is 3.77. The van der Waals surface area contributed by atoms with Gasteiger partial charge in [-0.05, 0) is 48.6 Å². The molecule has 0 unspecified atom stereocenters. The Morgan fingerprint density at radius 1 is 0.943 bits per heavy atom. The Balaban J connectivity index is 1.63. The number of hydrogen-bond acceptors (Lipinski definition) is 4. The number of carbonyl (C=O) groups is 1. The highest BCUT2D eigenvalue weighted by molar-refractivity contribution is 7.89. The molecule has 0 aliphatic heterocycles. The lowest BCUT2D eigenvalue weighted by molar-refractivity contribution is -0.117. The van der Waals surface area contributed by atoms with Gasteiger partial charge < -0.3 is 10.1 Å². The molecule has 2 N–H and O–H groups in total. The lowest BCUT2D eigenvalue weighted by Gasteiger charge is -2.20. The number of anilines is 1. The maximum Gasteiger partial charge on any atom is 0.242 e. The SMILES string of the molecule is CCOc1ccc(S(=O)(=O)N[C@H](Cc2ccccc2)C(=O)Nc2cccc3ccccc23)cc1Cl. The van der Waals surface area contributed by atoms with Gasteiger partial charge in [0.2, 0.25) is 15.9 Å². The van der Waals surface area contributed by atoms with Crippen LogP contribution >= 0.6 is 11.6 Å².